The molecule has 3 rings (SSSR count). The van der Waals surface area contributed by atoms with E-state index in [1.54, 1.807) is 33.1 Å². The maximum atomic E-state index is 15.6. The number of aromatic nitrogens is 1. The van der Waals surface area contributed by atoms with Gasteiger partial charge in [0.2, 0.25) is 0 Å². The monoisotopic (exact) mass is 498 g/mol. The van der Waals surface area contributed by atoms with E-state index in [0.29, 0.717) is 25.8 Å². The van der Waals surface area contributed by atoms with Crippen molar-refractivity contribution < 1.29 is 32.2 Å². The van der Waals surface area contributed by atoms with Crippen LogP contribution in [-0.4, -0.2) is 72.6 Å². The van der Waals surface area contributed by atoms with Crippen molar-refractivity contribution in [2.24, 2.45) is 0 Å². The van der Waals surface area contributed by atoms with Crippen LogP contribution >= 0.6 is 0 Å². The minimum absolute atomic E-state index is 0.147. The van der Waals surface area contributed by atoms with Gasteiger partial charge in [-0.05, 0) is 34.2 Å². The number of hydrogen-bond donors (Lipinski definition) is 4. The summed E-state index contributed by atoms with van der Waals surface area (Å²) in [6.45, 7) is 2.29. The number of fused-ring (bicyclic) bond motifs is 1. The molecule has 1 aromatic heterocycles. The number of halogens is 3. The second-order valence-corrected chi connectivity index (χ2v) is 9.07. The number of amides is 2. The average Bonchev–Trinajstić information content (AvgIpc) is 3.13. The fourth-order valence-electron chi connectivity index (χ4n) is 3.83. The normalized spacial score (nSPS) is 20.6. The summed E-state index contributed by atoms with van der Waals surface area (Å²) in [5, 5.41) is 15.5. The number of pyridine rings is 1. The molecule has 192 valence electrons. The molecule has 13 heteroatoms. The van der Waals surface area contributed by atoms with E-state index in [4.69, 9.17) is 14.9 Å². The molecule has 2 aliphatic heterocycles. The third-order valence-electron chi connectivity index (χ3n) is 5.47. The maximum Gasteiger partial charge on any atom is 0.417 e. The second-order valence-electron chi connectivity index (χ2n) is 9.07. The fourth-order valence-corrected chi connectivity index (χ4v) is 3.83. The Hall–Kier alpha value is -3.19. The number of alkyl halides is 2. The Morgan fingerprint density at radius 3 is 2.66 bits per heavy atom. The minimum atomic E-state index is -2.94. The minimum Gasteiger partial charge on any atom is -0.443 e. The molecule has 0 spiro atoms. The summed E-state index contributed by atoms with van der Waals surface area (Å²) in [5.74, 6) is -1.98. The average molecular weight is 499 g/mol. The number of carbonyl (C=O) groups excluding carboxylic acids is 2. The summed E-state index contributed by atoms with van der Waals surface area (Å²) < 4.78 is 51.9. The zero-order valence-corrected chi connectivity index (χ0v) is 19.9. The van der Waals surface area contributed by atoms with Gasteiger partial charge in [0.05, 0.1) is 30.5 Å². The molecule has 2 amide bonds. The highest BCUT2D eigenvalue weighted by molar-refractivity contribution is 6.15. The lowest BCUT2D eigenvalue weighted by Crippen LogP contribution is -2.49. The van der Waals surface area contributed by atoms with Crippen molar-refractivity contribution in [2.45, 2.75) is 58.0 Å². The number of nitrogens with one attached hydrogen (secondary N) is 4. The molecule has 0 radical (unpaired) electrons. The van der Waals surface area contributed by atoms with Crippen LogP contribution in [0.25, 0.3) is 5.57 Å². The van der Waals surface area contributed by atoms with Crippen molar-refractivity contribution in [3.05, 3.63) is 28.8 Å². The zero-order chi connectivity index (χ0) is 25.9. The van der Waals surface area contributed by atoms with Gasteiger partial charge in [0.25, 0.3) is 5.91 Å². The Kier molecular flexibility index (Phi) is 8.00. The van der Waals surface area contributed by atoms with E-state index in [1.807, 2.05) is 0 Å². The smallest absolute Gasteiger partial charge is 0.417 e. The Labute approximate surface area is 200 Å². The molecule has 2 atom stereocenters. The first kappa shape index (κ1) is 26.4. The largest absolute Gasteiger partial charge is 0.443 e. The molecule has 1 unspecified atom stereocenters. The predicted octanol–water partition coefficient (Wildman–Crippen LogP) is 2.70. The van der Waals surface area contributed by atoms with Gasteiger partial charge < -0.3 is 30.8 Å². The molecule has 0 aliphatic carbocycles. The molecule has 10 nitrogen and oxygen atoms in total. The molecule has 1 fully saturated rings. The summed E-state index contributed by atoms with van der Waals surface area (Å²) in [4.78, 5) is 30.7. The summed E-state index contributed by atoms with van der Waals surface area (Å²) in [6.07, 6.45) is 1.08. The number of carbonyl (C=O) groups is 2. The number of hydrogen-bond acceptors (Lipinski definition) is 9. The molecule has 0 aromatic carbocycles. The van der Waals surface area contributed by atoms with Gasteiger partial charge in [0, 0.05) is 36.2 Å². The molecule has 2 aliphatic rings. The number of rotatable bonds is 7. The zero-order valence-electron chi connectivity index (χ0n) is 19.9. The third kappa shape index (κ3) is 5.90. The highest BCUT2D eigenvalue weighted by Gasteiger charge is 2.41. The van der Waals surface area contributed by atoms with Gasteiger partial charge in [-0.1, -0.05) is 0 Å². The summed E-state index contributed by atoms with van der Waals surface area (Å²) in [6, 6.07) is -0.452. The van der Waals surface area contributed by atoms with Gasteiger partial charge >= 0.3 is 12.6 Å². The Morgan fingerprint density at radius 1 is 1.34 bits per heavy atom. The molecule has 0 bridgehead atoms. The first-order chi connectivity index (χ1) is 16.5. The van der Waals surface area contributed by atoms with Gasteiger partial charge in [-0.25, -0.2) is 19.1 Å². The summed E-state index contributed by atoms with van der Waals surface area (Å²) in [7, 11) is 1.73. The van der Waals surface area contributed by atoms with Gasteiger partial charge in [-0.15, -0.1) is 0 Å². The van der Waals surface area contributed by atoms with Crippen molar-refractivity contribution >= 4 is 29.6 Å². The van der Waals surface area contributed by atoms with Crippen LogP contribution in [0, 0.1) is 11.2 Å². The highest BCUT2D eigenvalue weighted by Crippen LogP contribution is 2.35. The SMILES string of the molecule is CN[C@H]1COCCC1Nc1nc(/C(C=N)=C/NC(F)F)c2c(c1F)CN(C(=O)OC(C)(C)C)C2=O. The van der Waals surface area contributed by atoms with Gasteiger partial charge in [0.1, 0.15) is 5.60 Å². The van der Waals surface area contributed by atoms with Crippen LogP contribution in [0.5, 0.6) is 0 Å². The Morgan fingerprint density at radius 2 is 2.06 bits per heavy atom. The molecule has 35 heavy (non-hydrogen) atoms. The summed E-state index contributed by atoms with van der Waals surface area (Å²) in [5.41, 5.74) is -1.75. The maximum absolute atomic E-state index is 15.6. The van der Waals surface area contributed by atoms with Crippen LogP contribution in [-0.2, 0) is 16.0 Å². The van der Waals surface area contributed by atoms with Gasteiger partial charge in [-0.2, -0.15) is 8.78 Å². The van der Waals surface area contributed by atoms with Gasteiger partial charge in [-0.3, -0.25) is 4.79 Å². The van der Waals surface area contributed by atoms with Crippen molar-refractivity contribution in [1.82, 2.24) is 20.5 Å². The van der Waals surface area contributed by atoms with Crippen LogP contribution in [0.15, 0.2) is 6.20 Å². The Bertz CT molecular complexity index is 1030. The lowest BCUT2D eigenvalue weighted by atomic mass is 10.0. The topological polar surface area (TPSA) is 129 Å². The van der Waals surface area contributed by atoms with E-state index < -0.39 is 36.5 Å². The van der Waals surface area contributed by atoms with Crippen LogP contribution in [0.2, 0.25) is 0 Å². The number of anilines is 1. The lowest BCUT2D eigenvalue weighted by Gasteiger charge is -2.32. The van der Waals surface area contributed by atoms with Crippen molar-refractivity contribution in [1.29, 1.82) is 5.41 Å². The fraction of sp³-hybridized carbons (Fsp3) is 0.545. The number of nitrogens with zero attached hydrogens (tertiary/aromatic N) is 2. The number of ether oxygens (including phenoxy) is 2. The molecule has 1 saturated heterocycles. The van der Waals surface area contributed by atoms with Crippen molar-refractivity contribution in [3.63, 3.8) is 0 Å². The van der Waals surface area contributed by atoms with E-state index in [9.17, 15) is 18.4 Å². The van der Waals surface area contributed by atoms with Crippen LogP contribution < -0.4 is 16.0 Å². The highest BCUT2D eigenvalue weighted by atomic mass is 19.3. The predicted molar refractivity (Wildman–Crippen MR) is 122 cm³/mol. The first-order valence-electron chi connectivity index (χ1n) is 11.0. The van der Waals surface area contributed by atoms with Gasteiger partial charge in [0.15, 0.2) is 11.6 Å². The first-order valence-corrected chi connectivity index (χ1v) is 11.0. The van der Waals surface area contributed by atoms with Crippen LogP contribution in [0.3, 0.4) is 0 Å². The molecular formula is C22H29F3N6O4. The molecule has 4 N–H and O–H groups in total. The van der Waals surface area contributed by atoms with E-state index in [2.05, 4.69) is 15.6 Å². The lowest BCUT2D eigenvalue weighted by molar-refractivity contribution is 0.0247. The van der Waals surface area contributed by atoms with E-state index >= 15 is 4.39 Å². The van der Waals surface area contributed by atoms with Crippen LogP contribution in [0.4, 0.5) is 23.8 Å². The van der Waals surface area contributed by atoms with E-state index in [-0.39, 0.29) is 40.3 Å². The van der Waals surface area contributed by atoms with Crippen molar-refractivity contribution in [2.75, 3.05) is 25.6 Å². The number of allylic oxidation sites excluding steroid dienone is 1. The Balaban J connectivity index is 2.09. The summed E-state index contributed by atoms with van der Waals surface area (Å²) >= 11 is 0. The quantitative estimate of drug-likeness (QED) is 0.334. The molecule has 1 aromatic rings. The molecule has 0 saturated carbocycles. The number of imide groups is 1. The standard InChI is InChI=1S/C22H29F3N6O4/c1-22(2,3)35-21(33)31-9-12-15(19(31)32)17(11(7-26)8-28-20(24)25)30-18(16(12)23)29-13-5-6-34-10-14(13)27-4/h7-8,13-14,20,26-28H,5-6,9-10H2,1-4H3,(H,29,30)/b11-8+,26-7?/t13?,14-/m0/s1. The van der Waals surface area contributed by atoms with E-state index in [0.717, 1.165) is 11.1 Å². The molecule has 3 heterocycles. The van der Waals surface area contributed by atoms with Crippen LogP contribution in [0.1, 0.15) is 48.8 Å². The third-order valence-corrected chi connectivity index (χ3v) is 5.47. The van der Waals surface area contributed by atoms with Crippen molar-refractivity contribution in [3.8, 4) is 0 Å². The number of likely N-dealkylation sites (N-methyl/N-ethyl adjacent to an activating group) is 1. The second kappa shape index (κ2) is 10.6. The van der Waals surface area contributed by atoms with E-state index in [1.165, 1.54) is 0 Å². The molecular weight excluding hydrogens is 469 g/mol.